The summed E-state index contributed by atoms with van der Waals surface area (Å²) in [5.41, 5.74) is 0.769. The number of nitrogens with zero attached hydrogens (tertiary/aromatic N) is 1. The molecule has 1 aliphatic heterocycles. The largest absolute Gasteiger partial charge is 0.387 e. The predicted molar refractivity (Wildman–Crippen MR) is 67.8 cm³/mol. The zero-order chi connectivity index (χ0) is 13.0. The Kier molecular flexibility index (Phi) is 4.69. The van der Waals surface area contributed by atoms with E-state index in [0.29, 0.717) is 12.6 Å². The van der Waals surface area contributed by atoms with Gasteiger partial charge in [-0.3, -0.25) is 0 Å². The first-order valence-corrected chi connectivity index (χ1v) is 6.37. The van der Waals surface area contributed by atoms with E-state index in [9.17, 15) is 9.50 Å². The SMILES string of the molecule is COC1CCN(CC(O)c2ccc(F)cc2)CC1. The molecule has 1 atom stereocenters. The van der Waals surface area contributed by atoms with Gasteiger partial charge in [0.1, 0.15) is 5.82 Å². The van der Waals surface area contributed by atoms with Crippen molar-refractivity contribution in [2.75, 3.05) is 26.7 Å². The summed E-state index contributed by atoms with van der Waals surface area (Å²) in [6.07, 6.45) is 1.81. The van der Waals surface area contributed by atoms with Gasteiger partial charge in [0.2, 0.25) is 0 Å². The minimum atomic E-state index is -0.551. The highest BCUT2D eigenvalue weighted by Crippen LogP contribution is 2.18. The zero-order valence-corrected chi connectivity index (χ0v) is 10.7. The molecule has 0 aliphatic carbocycles. The highest BCUT2D eigenvalue weighted by atomic mass is 19.1. The highest BCUT2D eigenvalue weighted by molar-refractivity contribution is 5.18. The van der Waals surface area contributed by atoms with Gasteiger partial charge < -0.3 is 14.7 Å². The van der Waals surface area contributed by atoms with Gasteiger partial charge >= 0.3 is 0 Å². The third kappa shape index (κ3) is 3.51. The van der Waals surface area contributed by atoms with Crippen molar-refractivity contribution in [2.24, 2.45) is 0 Å². The van der Waals surface area contributed by atoms with Crippen molar-refractivity contribution in [3.8, 4) is 0 Å². The zero-order valence-electron chi connectivity index (χ0n) is 10.7. The van der Waals surface area contributed by atoms with Crippen molar-refractivity contribution in [1.82, 2.24) is 4.90 Å². The molecule has 0 aromatic heterocycles. The minimum absolute atomic E-state index is 0.271. The van der Waals surface area contributed by atoms with Crippen LogP contribution >= 0.6 is 0 Å². The van der Waals surface area contributed by atoms with Crippen LogP contribution in [-0.2, 0) is 4.74 Å². The van der Waals surface area contributed by atoms with E-state index < -0.39 is 6.10 Å². The van der Waals surface area contributed by atoms with Crippen molar-refractivity contribution in [2.45, 2.75) is 25.0 Å². The number of benzene rings is 1. The monoisotopic (exact) mass is 253 g/mol. The summed E-state index contributed by atoms with van der Waals surface area (Å²) in [7, 11) is 1.74. The summed E-state index contributed by atoms with van der Waals surface area (Å²) in [5.74, 6) is -0.271. The fourth-order valence-corrected chi connectivity index (χ4v) is 2.36. The fourth-order valence-electron chi connectivity index (χ4n) is 2.36. The Hall–Kier alpha value is -0.970. The van der Waals surface area contributed by atoms with Crippen molar-refractivity contribution >= 4 is 0 Å². The van der Waals surface area contributed by atoms with E-state index in [1.165, 1.54) is 12.1 Å². The molecule has 0 amide bonds. The predicted octanol–water partition coefficient (Wildman–Crippen LogP) is 1.97. The molecule has 0 saturated carbocycles. The first kappa shape index (κ1) is 13.5. The van der Waals surface area contributed by atoms with Gasteiger partial charge in [-0.2, -0.15) is 0 Å². The molecule has 1 aromatic carbocycles. The van der Waals surface area contributed by atoms with Crippen LogP contribution in [-0.4, -0.2) is 42.9 Å². The molecule has 1 aromatic rings. The van der Waals surface area contributed by atoms with Crippen LogP contribution in [0.15, 0.2) is 24.3 Å². The lowest BCUT2D eigenvalue weighted by atomic mass is 10.1. The van der Waals surface area contributed by atoms with Crippen molar-refractivity contribution < 1.29 is 14.2 Å². The summed E-state index contributed by atoms with van der Waals surface area (Å²) < 4.78 is 18.1. The molecule has 1 heterocycles. The molecule has 0 bridgehead atoms. The molecule has 3 nitrogen and oxygen atoms in total. The van der Waals surface area contributed by atoms with Gasteiger partial charge in [0.25, 0.3) is 0 Å². The van der Waals surface area contributed by atoms with E-state index >= 15 is 0 Å². The quantitative estimate of drug-likeness (QED) is 0.890. The van der Waals surface area contributed by atoms with Gasteiger partial charge in [-0.15, -0.1) is 0 Å². The molecule has 0 spiro atoms. The highest BCUT2D eigenvalue weighted by Gasteiger charge is 2.21. The molecule has 1 fully saturated rings. The standard InChI is InChI=1S/C14H20FNO2/c1-18-13-6-8-16(9-7-13)10-14(17)11-2-4-12(15)5-3-11/h2-5,13-14,17H,6-10H2,1H3. The third-order valence-corrected chi connectivity index (χ3v) is 3.55. The maximum absolute atomic E-state index is 12.8. The second-order valence-corrected chi connectivity index (χ2v) is 4.80. The van der Waals surface area contributed by atoms with Gasteiger partial charge in [0.15, 0.2) is 0 Å². The van der Waals surface area contributed by atoms with Crippen LogP contribution < -0.4 is 0 Å². The number of hydrogen-bond acceptors (Lipinski definition) is 3. The number of rotatable bonds is 4. The molecule has 1 N–H and O–H groups in total. The van der Waals surface area contributed by atoms with E-state index in [2.05, 4.69) is 4.90 Å². The van der Waals surface area contributed by atoms with E-state index in [4.69, 9.17) is 4.74 Å². The molecule has 1 unspecified atom stereocenters. The number of halogens is 1. The lowest BCUT2D eigenvalue weighted by Gasteiger charge is -2.32. The lowest BCUT2D eigenvalue weighted by molar-refractivity contribution is 0.0242. The summed E-state index contributed by atoms with van der Waals surface area (Å²) in [4.78, 5) is 2.23. The van der Waals surface area contributed by atoms with E-state index in [1.807, 2.05) is 0 Å². The summed E-state index contributed by atoms with van der Waals surface area (Å²) in [6.45, 7) is 2.48. The lowest BCUT2D eigenvalue weighted by Crippen LogP contribution is -2.38. The topological polar surface area (TPSA) is 32.7 Å². The second-order valence-electron chi connectivity index (χ2n) is 4.80. The number of β-amino-alcohol motifs (C(OH)–C–C–N with tert-alkyl or cyclic N) is 1. The molecule has 100 valence electrons. The molecular formula is C14H20FNO2. The van der Waals surface area contributed by atoms with Crippen LogP contribution in [0.2, 0.25) is 0 Å². The maximum Gasteiger partial charge on any atom is 0.123 e. The van der Waals surface area contributed by atoms with Crippen molar-refractivity contribution in [3.05, 3.63) is 35.6 Å². The Bertz CT molecular complexity index is 361. The van der Waals surface area contributed by atoms with Crippen molar-refractivity contribution in [3.63, 3.8) is 0 Å². The van der Waals surface area contributed by atoms with Gasteiger partial charge in [0, 0.05) is 26.7 Å². The molecule has 4 heteroatoms. The smallest absolute Gasteiger partial charge is 0.123 e. The van der Waals surface area contributed by atoms with Crippen LogP contribution in [0.1, 0.15) is 24.5 Å². The third-order valence-electron chi connectivity index (χ3n) is 3.55. The Morgan fingerprint density at radius 1 is 1.33 bits per heavy atom. The Morgan fingerprint density at radius 3 is 2.50 bits per heavy atom. The number of likely N-dealkylation sites (tertiary alicyclic amines) is 1. The van der Waals surface area contributed by atoms with Crippen LogP contribution in [0, 0.1) is 5.82 Å². The number of hydrogen-bond donors (Lipinski definition) is 1. The molecule has 2 rings (SSSR count). The van der Waals surface area contributed by atoms with E-state index in [-0.39, 0.29) is 5.82 Å². The molecule has 1 saturated heterocycles. The minimum Gasteiger partial charge on any atom is -0.387 e. The Morgan fingerprint density at radius 2 is 1.94 bits per heavy atom. The van der Waals surface area contributed by atoms with Crippen LogP contribution in [0.4, 0.5) is 4.39 Å². The number of ether oxygens (including phenoxy) is 1. The maximum atomic E-state index is 12.8. The molecule has 1 aliphatic rings. The average Bonchev–Trinajstić information content (AvgIpc) is 2.40. The summed E-state index contributed by atoms with van der Waals surface area (Å²) in [5, 5.41) is 10.1. The molecule has 18 heavy (non-hydrogen) atoms. The number of aliphatic hydroxyl groups is 1. The molecular weight excluding hydrogens is 233 g/mol. The van der Waals surface area contributed by atoms with Gasteiger partial charge in [-0.05, 0) is 30.5 Å². The van der Waals surface area contributed by atoms with Crippen molar-refractivity contribution in [1.29, 1.82) is 0 Å². The van der Waals surface area contributed by atoms with Gasteiger partial charge in [-0.25, -0.2) is 4.39 Å². The number of piperidine rings is 1. The number of methoxy groups -OCH3 is 1. The normalized spacial score (nSPS) is 19.9. The first-order chi connectivity index (χ1) is 8.69. The molecule has 0 radical (unpaired) electrons. The average molecular weight is 253 g/mol. The fraction of sp³-hybridized carbons (Fsp3) is 0.571. The second kappa shape index (κ2) is 6.27. The Labute approximate surface area is 107 Å². The summed E-state index contributed by atoms with van der Waals surface area (Å²) in [6, 6.07) is 6.05. The van der Waals surface area contributed by atoms with Crippen LogP contribution in [0.25, 0.3) is 0 Å². The summed E-state index contributed by atoms with van der Waals surface area (Å²) >= 11 is 0. The van der Waals surface area contributed by atoms with E-state index in [1.54, 1.807) is 19.2 Å². The number of aliphatic hydroxyl groups excluding tert-OH is 1. The van der Waals surface area contributed by atoms with Crippen LogP contribution in [0.3, 0.4) is 0 Å². The van der Waals surface area contributed by atoms with E-state index in [0.717, 1.165) is 31.5 Å². The Balaban J connectivity index is 1.84. The van der Waals surface area contributed by atoms with Gasteiger partial charge in [-0.1, -0.05) is 12.1 Å². The van der Waals surface area contributed by atoms with Crippen LogP contribution in [0.5, 0.6) is 0 Å². The first-order valence-electron chi connectivity index (χ1n) is 6.37. The van der Waals surface area contributed by atoms with Gasteiger partial charge in [0.05, 0.1) is 12.2 Å².